The highest BCUT2D eigenvalue weighted by atomic mass is 16.5. The molecule has 2 heterocycles. The van der Waals surface area contributed by atoms with Crippen molar-refractivity contribution in [2.24, 2.45) is 11.3 Å². The van der Waals surface area contributed by atoms with Crippen molar-refractivity contribution in [3.63, 3.8) is 0 Å². The molecular formula is C34H42N4O7. The lowest BCUT2D eigenvalue weighted by molar-refractivity contribution is -0.156. The first-order chi connectivity index (χ1) is 21.8. The molecule has 240 valence electrons. The second kappa shape index (κ2) is 14.5. The summed E-state index contributed by atoms with van der Waals surface area (Å²) >= 11 is 0. The van der Waals surface area contributed by atoms with Crippen molar-refractivity contribution in [3.05, 3.63) is 59.8 Å². The first kappa shape index (κ1) is 31.9. The molecular weight excluding hydrogens is 576 g/mol. The standard InChI is InChI=1S/C34H42N4O7/c1-3-44-33(42)34(18-23-10-11-23)19-24-12-13-28(43-2)29(17-24)45-21-31(40)35-14-16-38(15-6-9-30(39)37-22-34)32(41)26-20-36-27-8-5-4-7-25(26)27/h4-5,7-8,12-13,17,20,23,36H,3,6,9-11,14-16,18-19,21-22H2,1-2H3,(H,35,40)(H,37,39). The number of carbonyl (C=O) groups is 4. The fourth-order valence-electron chi connectivity index (χ4n) is 5.97. The van der Waals surface area contributed by atoms with E-state index >= 15 is 0 Å². The lowest BCUT2D eigenvalue weighted by Crippen LogP contribution is -2.46. The zero-order valence-electron chi connectivity index (χ0n) is 26.0. The number of ether oxygens (including phenoxy) is 3. The molecule has 1 aliphatic heterocycles. The first-order valence-electron chi connectivity index (χ1n) is 15.7. The number of methoxy groups -OCH3 is 1. The Kier molecular flexibility index (Phi) is 10.3. The zero-order valence-corrected chi connectivity index (χ0v) is 26.0. The average Bonchev–Trinajstić information content (AvgIpc) is 3.75. The number of H-pyrrole nitrogens is 1. The Morgan fingerprint density at radius 1 is 1.07 bits per heavy atom. The van der Waals surface area contributed by atoms with Crippen molar-refractivity contribution in [2.45, 2.75) is 45.4 Å². The molecule has 1 aromatic heterocycles. The van der Waals surface area contributed by atoms with Crippen molar-refractivity contribution in [1.29, 1.82) is 0 Å². The van der Waals surface area contributed by atoms with Crippen LogP contribution in [0.5, 0.6) is 11.5 Å². The van der Waals surface area contributed by atoms with Gasteiger partial charge in [-0.2, -0.15) is 0 Å². The third-order valence-electron chi connectivity index (χ3n) is 8.48. The second-order valence-electron chi connectivity index (χ2n) is 11.9. The van der Waals surface area contributed by atoms with Crippen molar-refractivity contribution >= 4 is 34.6 Å². The van der Waals surface area contributed by atoms with Crippen LogP contribution in [0.3, 0.4) is 0 Å². The van der Waals surface area contributed by atoms with E-state index in [1.165, 1.54) is 7.11 Å². The van der Waals surface area contributed by atoms with Gasteiger partial charge in [0.05, 0.1) is 24.7 Å². The van der Waals surface area contributed by atoms with Crippen LogP contribution in [0.25, 0.3) is 10.9 Å². The van der Waals surface area contributed by atoms with Gasteiger partial charge in [0, 0.05) is 49.7 Å². The predicted octanol–water partition coefficient (Wildman–Crippen LogP) is 3.62. The molecule has 45 heavy (non-hydrogen) atoms. The number of carbonyl (C=O) groups excluding carboxylic acids is 4. The maximum Gasteiger partial charge on any atom is 0.314 e. The van der Waals surface area contributed by atoms with Crippen LogP contribution < -0.4 is 20.1 Å². The van der Waals surface area contributed by atoms with Gasteiger partial charge >= 0.3 is 5.97 Å². The molecule has 3 N–H and O–H groups in total. The van der Waals surface area contributed by atoms with Gasteiger partial charge < -0.3 is 34.7 Å². The summed E-state index contributed by atoms with van der Waals surface area (Å²) in [5.41, 5.74) is 1.21. The maximum atomic E-state index is 13.7. The second-order valence-corrected chi connectivity index (χ2v) is 11.9. The van der Waals surface area contributed by atoms with Gasteiger partial charge in [-0.05, 0) is 55.9 Å². The Balaban J connectivity index is 1.40. The Hall–Kier alpha value is -4.54. The van der Waals surface area contributed by atoms with Crippen LogP contribution in [0.15, 0.2) is 48.7 Å². The largest absolute Gasteiger partial charge is 0.493 e. The fourth-order valence-corrected chi connectivity index (χ4v) is 5.97. The number of para-hydroxylation sites is 1. The van der Waals surface area contributed by atoms with E-state index in [9.17, 15) is 19.2 Å². The highest BCUT2D eigenvalue weighted by Gasteiger charge is 2.44. The molecule has 11 heteroatoms. The van der Waals surface area contributed by atoms with E-state index in [2.05, 4.69) is 15.6 Å². The minimum absolute atomic E-state index is 0.129. The lowest BCUT2D eigenvalue weighted by Gasteiger charge is -2.32. The van der Waals surface area contributed by atoms with Crippen LogP contribution in [0, 0.1) is 11.3 Å². The molecule has 0 spiro atoms. The van der Waals surface area contributed by atoms with Gasteiger partial charge in [-0.1, -0.05) is 37.1 Å². The summed E-state index contributed by atoms with van der Waals surface area (Å²) in [6.07, 6.45) is 5.24. The Morgan fingerprint density at radius 3 is 2.67 bits per heavy atom. The summed E-state index contributed by atoms with van der Waals surface area (Å²) in [7, 11) is 1.52. The number of hydrogen-bond donors (Lipinski definition) is 3. The lowest BCUT2D eigenvalue weighted by atomic mass is 9.76. The molecule has 0 radical (unpaired) electrons. The molecule has 1 saturated carbocycles. The van der Waals surface area contributed by atoms with Gasteiger partial charge in [0.1, 0.15) is 0 Å². The highest BCUT2D eigenvalue weighted by molar-refractivity contribution is 6.06. The summed E-state index contributed by atoms with van der Waals surface area (Å²) in [6.45, 7) is 2.65. The minimum Gasteiger partial charge on any atom is -0.493 e. The molecule has 2 bridgehead atoms. The van der Waals surface area contributed by atoms with E-state index < -0.39 is 5.41 Å². The van der Waals surface area contributed by atoms with Gasteiger partial charge in [-0.15, -0.1) is 0 Å². The van der Waals surface area contributed by atoms with E-state index in [1.54, 1.807) is 30.2 Å². The average molecular weight is 619 g/mol. The van der Waals surface area contributed by atoms with Crippen LogP contribution in [0.2, 0.25) is 0 Å². The Morgan fingerprint density at radius 2 is 1.89 bits per heavy atom. The molecule has 1 unspecified atom stereocenters. The van der Waals surface area contributed by atoms with E-state index in [-0.39, 0.29) is 63.0 Å². The molecule has 3 aromatic rings. The molecule has 3 amide bonds. The molecule has 5 rings (SSSR count). The van der Waals surface area contributed by atoms with Crippen LogP contribution in [-0.2, 0) is 25.5 Å². The Bertz CT molecular complexity index is 1530. The molecule has 2 aromatic carbocycles. The monoisotopic (exact) mass is 618 g/mol. The zero-order chi connectivity index (χ0) is 31.8. The third kappa shape index (κ3) is 7.95. The van der Waals surface area contributed by atoms with E-state index in [0.717, 1.165) is 29.3 Å². The summed E-state index contributed by atoms with van der Waals surface area (Å²) in [5, 5.41) is 6.66. The number of esters is 1. The topological polar surface area (TPSA) is 139 Å². The number of fused-ring (bicyclic) bond motifs is 3. The maximum absolute atomic E-state index is 13.7. The molecule has 1 atom stereocenters. The number of hydrogen-bond acceptors (Lipinski definition) is 7. The van der Waals surface area contributed by atoms with Gasteiger partial charge in [0.15, 0.2) is 18.1 Å². The van der Waals surface area contributed by atoms with Crippen molar-refractivity contribution in [2.75, 3.05) is 46.5 Å². The van der Waals surface area contributed by atoms with Gasteiger partial charge in [0.2, 0.25) is 5.91 Å². The highest BCUT2D eigenvalue weighted by Crippen LogP contribution is 2.43. The van der Waals surface area contributed by atoms with Gasteiger partial charge in [0.25, 0.3) is 11.8 Å². The number of aromatic nitrogens is 1. The molecule has 0 saturated heterocycles. The van der Waals surface area contributed by atoms with Crippen molar-refractivity contribution in [1.82, 2.24) is 20.5 Å². The molecule has 1 aliphatic carbocycles. The first-order valence-corrected chi connectivity index (χ1v) is 15.7. The normalized spacial score (nSPS) is 20.3. The molecule has 2 aliphatic rings. The number of rotatable bonds is 6. The Labute approximate surface area is 263 Å². The van der Waals surface area contributed by atoms with Gasteiger partial charge in [-0.3, -0.25) is 19.2 Å². The van der Waals surface area contributed by atoms with Crippen molar-refractivity contribution in [3.8, 4) is 11.5 Å². The summed E-state index contributed by atoms with van der Waals surface area (Å²) in [5.74, 6) is 0.110. The summed E-state index contributed by atoms with van der Waals surface area (Å²) < 4.78 is 16.9. The number of nitrogens with zero attached hydrogens (tertiary/aromatic N) is 1. The third-order valence-corrected chi connectivity index (χ3v) is 8.48. The minimum atomic E-state index is -0.973. The van der Waals surface area contributed by atoms with Crippen molar-refractivity contribution < 1.29 is 33.4 Å². The fraction of sp³-hybridized carbons (Fsp3) is 0.471. The quantitative estimate of drug-likeness (QED) is 0.359. The smallest absolute Gasteiger partial charge is 0.314 e. The van der Waals surface area contributed by atoms with Crippen LogP contribution in [-0.4, -0.2) is 80.1 Å². The van der Waals surface area contributed by atoms with Crippen LogP contribution >= 0.6 is 0 Å². The van der Waals surface area contributed by atoms with Gasteiger partial charge in [-0.25, -0.2) is 0 Å². The summed E-state index contributed by atoms with van der Waals surface area (Å²) in [4.78, 5) is 58.0. The van der Waals surface area contributed by atoms with E-state index in [1.807, 2.05) is 30.3 Å². The predicted molar refractivity (Wildman–Crippen MR) is 168 cm³/mol. The van der Waals surface area contributed by atoms with E-state index in [0.29, 0.717) is 48.8 Å². The number of nitrogens with one attached hydrogen (secondary N) is 3. The van der Waals surface area contributed by atoms with Crippen LogP contribution in [0.4, 0.5) is 0 Å². The number of amides is 3. The SMILES string of the molecule is CCOC(=O)C1(CC2CC2)CNC(=O)CCCN(C(=O)c2c[nH]c3ccccc23)CCNC(=O)COc2cc(ccc2OC)C1. The molecule has 1 fully saturated rings. The summed E-state index contributed by atoms with van der Waals surface area (Å²) in [6, 6.07) is 13.0. The number of aromatic amines is 1. The van der Waals surface area contributed by atoms with E-state index in [4.69, 9.17) is 14.2 Å². The van der Waals surface area contributed by atoms with Crippen LogP contribution in [0.1, 0.15) is 54.9 Å². The number of benzene rings is 2. The molecule has 11 nitrogen and oxygen atoms in total.